The molecule has 21 aromatic rings. The van der Waals surface area contributed by atoms with Crippen molar-refractivity contribution < 1.29 is 17.7 Å². The van der Waals surface area contributed by atoms with Crippen LogP contribution >= 0.6 is 0 Å². The molecule has 0 amide bonds. The van der Waals surface area contributed by atoms with Gasteiger partial charge in [-0.15, -0.1) is 0 Å². The van der Waals surface area contributed by atoms with Gasteiger partial charge in [0.2, 0.25) is 5.69 Å². The molecule has 0 N–H and O–H groups in total. The third-order valence-corrected chi connectivity index (χ3v) is 19.2. The minimum atomic E-state index is 0.158. The number of furan rings is 4. The van der Waals surface area contributed by atoms with Crippen molar-refractivity contribution in [3.8, 4) is 28.8 Å². The monoisotopic (exact) mass is 1150 g/mol. The fourth-order valence-electron chi connectivity index (χ4n) is 15.7. The van der Waals surface area contributed by atoms with Gasteiger partial charge in [-0.3, -0.25) is 0 Å². The van der Waals surface area contributed by atoms with Gasteiger partial charge < -0.3 is 35.9 Å². The summed E-state index contributed by atoms with van der Waals surface area (Å²) in [7, 11) is 0. The van der Waals surface area contributed by atoms with E-state index in [0.29, 0.717) is 22.7 Å². The molecule has 0 aliphatic heterocycles. The highest BCUT2D eigenvalue weighted by atomic mass is 16.3. The molecule has 0 saturated carbocycles. The topological polar surface area (TPSA) is 100 Å². The van der Waals surface area contributed by atoms with E-state index in [-0.39, 0.29) is 11.3 Å². The Balaban J connectivity index is 1.07. The van der Waals surface area contributed by atoms with Gasteiger partial charge in [0.15, 0.2) is 0 Å². The fraction of sp³-hybridized carbons (Fsp3) is 0. The quantitative estimate of drug-likeness (QED) is 0.163. The first kappa shape index (κ1) is 47.5. The van der Waals surface area contributed by atoms with Gasteiger partial charge in [-0.1, -0.05) is 146 Å². The van der Waals surface area contributed by atoms with Gasteiger partial charge in [0.05, 0.1) is 107 Å². The lowest BCUT2D eigenvalue weighted by Gasteiger charge is -2.28. The van der Waals surface area contributed by atoms with Crippen LogP contribution in [0.4, 0.5) is 5.69 Å². The van der Waals surface area contributed by atoms with Crippen LogP contribution in [0.15, 0.2) is 260 Å². The Morgan fingerprint density at radius 3 is 0.822 bits per heavy atom. The molecule has 13 aromatic carbocycles. The van der Waals surface area contributed by atoms with Crippen molar-refractivity contribution in [3.05, 3.63) is 260 Å². The molecule has 414 valence electrons. The summed E-state index contributed by atoms with van der Waals surface area (Å²) in [4.78, 5) is 4.73. The maximum absolute atomic E-state index is 12.7. The molecular formula is C80H40N6O4. The van der Waals surface area contributed by atoms with E-state index in [9.17, 15) is 11.8 Å². The van der Waals surface area contributed by atoms with Crippen molar-refractivity contribution >= 4 is 181 Å². The number of para-hydroxylation sites is 8. The molecule has 0 aliphatic carbocycles. The minimum Gasteiger partial charge on any atom is -0.455 e. The molecule has 10 heteroatoms. The number of fused-ring (bicyclic) bond motifs is 28. The first-order chi connectivity index (χ1) is 44.6. The first-order valence-corrected chi connectivity index (χ1v) is 30.0. The highest BCUT2D eigenvalue weighted by molar-refractivity contribution is 6.29. The first-order valence-electron chi connectivity index (χ1n) is 30.0. The van der Waals surface area contributed by atoms with E-state index < -0.39 is 0 Å². The number of rotatable bonds is 4. The second-order valence-electron chi connectivity index (χ2n) is 23.5. The molecule has 8 aromatic heterocycles. The summed E-state index contributed by atoms with van der Waals surface area (Å²) in [5.74, 6) is 0. The van der Waals surface area contributed by atoms with Crippen molar-refractivity contribution in [2.75, 3.05) is 0 Å². The Labute approximate surface area is 507 Å². The molecule has 0 spiro atoms. The molecule has 0 aliphatic rings. The Bertz CT molecular complexity index is 6530. The predicted octanol–water partition coefficient (Wildman–Crippen LogP) is 22.1. The number of hydrogen-bond acceptors (Lipinski definition) is 5. The summed E-state index contributed by atoms with van der Waals surface area (Å²) in [5.41, 5.74) is 15.3. The molecule has 90 heavy (non-hydrogen) atoms. The number of hydrogen-bond donors (Lipinski definition) is 0. The number of nitriles is 1. The van der Waals surface area contributed by atoms with E-state index in [2.05, 4.69) is 194 Å². The van der Waals surface area contributed by atoms with Gasteiger partial charge in [-0.25, -0.2) is 4.85 Å². The summed E-state index contributed by atoms with van der Waals surface area (Å²) in [6.45, 7) is 9.91. The number of benzene rings is 13. The van der Waals surface area contributed by atoms with Crippen molar-refractivity contribution in [2.24, 2.45) is 0 Å². The molecule has 10 nitrogen and oxygen atoms in total. The molecule has 0 unspecified atom stereocenters. The molecule has 0 fully saturated rings. The van der Waals surface area contributed by atoms with Gasteiger partial charge in [-0.05, 0) is 97.1 Å². The molecule has 0 atom stereocenters. The molecular weight excluding hydrogens is 1110 g/mol. The second kappa shape index (κ2) is 17.0. The second-order valence-corrected chi connectivity index (χ2v) is 23.5. The van der Waals surface area contributed by atoms with Gasteiger partial charge in [0, 0.05) is 64.6 Å². The average Bonchev–Trinajstić information content (AvgIpc) is 1.48. The zero-order valence-corrected chi connectivity index (χ0v) is 47.4. The van der Waals surface area contributed by atoms with E-state index in [4.69, 9.17) is 22.5 Å². The maximum Gasteiger partial charge on any atom is 0.232 e. The average molecular weight is 1150 g/mol. The number of nitrogens with zero attached hydrogens (tertiary/aromatic N) is 6. The third-order valence-electron chi connectivity index (χ3n) is 19.2. The van der Waals surface area contributed by atoms with Crippen LogP contribution in [0.5, 0.6) is 0 Å². The molecule has 0 bridgehead atoms. The Hall–Kier alpha value is -12.8. The summed E-state index contributed by atoms with van der Waals surface area (Å²) in [5, 5.41) is 28.0. The normalized spacial score (nSPS) is 12.4. The zero-order valence-electron chi connectivity index (χ0n) is 47.4. The molecule has 8 heterocycles. The van der Waals surface area contributed by atoms with Gasteiger partial charge in [0.1, 0.15) is 44.7 Å². The van der Waals surface area contributed by atoms with Crippen LogP contribution in [0, 0.1) is 17.9 Å². The number of aromatic nitrogens is 4. The third kappa shape index (κ3) is 5.81. The van der Waals surface area contributed by atoms with Crippen LogP contribution in [-0.2, 0) is 0 Å². The van der Waals surface area contributed by atoms with Gasteiger partial charge in [0.25, 0.3) is 0 Å². The summed E-state index contributed by atoms with van der Waals surface area (Å²) in [6.07, 6.45) is 0. The van der Waals surface area contributed by atoms with E-state index in [0.717, 1.165) is 175 Å². The lowest BCUT2D eigenvalue weighted by molar-refractivity contribution is 0.672. The maximum atomic E-state index is 12.7. The van der Waals surface area contributed by atoms with Crippen molar-refractivity contribution in [1.82, 2.24) is 18.3 Å². The Morgan fingerprint density at radius 2 is 0.522 bits per heavy atom. The highest BCUT2D eigenvalue weighted by Gasteiger charge is 2.36. The van der Waals surface area contributed by atoms with Crippen molar-refractivity contribution in [2.45, 2.75) is 0 Å². The Kier molecular flexibility index (Phi) is 8.98. The van der Waals surface area contributed by atoms with E-state index >= 15 is 0 Å². The van der Waals surface area contributed by atoms with Crippen molar-refractivity contribution in [3.63, 3.8) is 0 Å². The lowest BCUT2D eigenvalue weighted by atomic mass is 10.0. The van der Waals surface area contributed by atoms with Crippen LogP contribution in [0.3, 0.4) is 0 Å². The van der Waals surface area contributed by atoms with Crippen LogP contribution in [-0.4, -0.2) is 18.3 Å². The van der Waals surface area contributed by atoms with Gasteiger partial charge >= 0.3 is 0 Å². The van der Waals surface area contributed by atoms with Crippen LogP contribution in [0.2, 0.25) is 0 Å². The Morgan fingerprint density at radius 1 is 0.267 bits per heavy atom. The van der Waals surface area contributed by atoms with E-state index in [1.807, 2.05) is 72.8 Å². The smallest absolute Gasteiger partial charge is 0.232 e. The molecule has 21 rings (SSSR count). The van der Waals surface area contributed by atoms with E-state index in [1.54, 1.807) is 0 Å². The van der Waals surface area contributed by atoms with Crippen molar-refractivity contribution in [1.29, 1.82) is 5.26 Å². The molecule has 0 saturated heterocycles. The minimum absolute atomic E-state index is 0.158. The van der Waals surface area contributed by atoms with Crippen LogP contribution < -0.4 is 0 Å². The largest absolute Gasteiger partial charge is 0.455 e. The predicted molar refractivity (Wildman–Crippen MR) is 364 cm³/mol. The fourth-order valence-corrected chi connectivity index (χ4v) is 15.7. The zero-order chi connectivity index (χ0) is 58.8. The SMILES string of the molecule is [C-]#[N+]c1c(C#N)c(-n2c3ccccc3c3c4oc5ccccc5c4ccc32)c(-n2c3ccccc3c3c4oc5ccccc5c4ccc32)c(-n2c3ccccc3c3c4oc5ccccc5c4ccc32)c1-n1c2ccccc2c2c3oc4ccccc4c3ccc21. The van der Waals surface area contributed by atoms with Crippen LogP contribution in [0.1, 0.15) is 5.56 Å². The van der Waals surface area contributed by atoms with Crippen LogP contribution in [0.25, 0.3) is 203 Å². The highest BCUT2D eigenvalue weighted by Crippen LogP contribution is 2.54. The summed E-state index contributed by atoms with van der Waals surface area (Å²) in [6, 6.07) is 86.6. The van der Waals surface area contributed by atoms with Gasteiger partial charge in [-0.2, -0.15) is 5.26 Å². The molecule has 0 radical (unpaired) electrons. The summed E-state index contributed by atoms with van der Waals surface area (Å²) >= 11 is 0. The standard InChI is InChI=1S/C80H40N6O4/c1-82-72-55(42-81)73(83-56-26-10-2-22-51(56)68-60(83)38-34-47-43-18-6-14-30-64(43)87-77(47)68)75(85-58-28-12-4-24-53(58)70-62(85)40-36-49-45-20-8-16-32-66(45)89-79(49)70)76(86-59-29-13-5-25-54(59)71-63(86)41-37-50-46-21-9-17-33-67(46)90-80(50)71)74(72)84-57-27-11-3-23-52(57)69-61(84)39-35-48-44-19-7-15-31-65(44)88-78(48)69/h2-41H. The van der Waals surface area contributed by atoms with E-state index in [1.165, 1.54) is 0 Å². The lowest BCUT2D eigenvalue weighted by Crippen LogP contribution is -2.15. The summed E-state index contributed by atoms with van der Waals surface area (Å²) < 4.78 is 37.2.